The molecule has 2 rings (SSSR count). The number of aliphatic hydroxyl groups is 1. The second-order valence-corrected chi connectivity index (χ2v) is 7.95. The first kappa shape index (κ1) is 21.3. The molecule has 0 spiro atoms. The molecule has 0 radical (unpaired) electrons. The molecule has 0 heterocycles. The Morgan fingerprint density at radius 2 is 1.70 bits per heavy atom. The monoisotopic (exact) mass is 371 g/mol. The predicted molar refractivity (Wildman–Crippen MR) is 111 cm³/mol. The highest BCUT2D eigenvalue weighted by molar-refractivity contribution is 5.35. The average molecular weight is 372 g/mol. The topological polar surface area (TPSA) is 50.7 Å². The Morgan fingerprint density at radius 1 is 1.04 bits per heavy atom. The third-order valence-electron chi connectivity index (χ3n) is 4.59. The van der Waals surface area contributed by atoms with E-state index in [0.717, 1.165) is 23.5 Å². The molecule has 148 valence electrons. The summed E-state index contributed by atoms with van der Waals surface area (Å²) in [6.07, 6.45) is 0.293. The van der Waals surface area contributed by atoms with Crippen molar-refractivity contribution in [2.45, 2.75) is 51.7 Å². The van der Waals surface area contributed by atoms with Crippen molar-refractivity contribution in [2.24, 2.45) is 0 Å². The highest BCUT2D eigenvalue weighted by Gasteiger charge is 2.20. The van der Waals surface area contributed by atoms with Gasteiger partial charge >= 0.3 is 0 Å². The molecule has 4 heteroatoms. The Bertz CT molecular complexity index is 695. The zero-order valence-corrected chi connectivity index (χ0v) is 17.2. The summed E-state index contributed by atoms with van der Waals surface area (Å²) in [4.78, 5) is 0. The van der Waals surface area contributed by atoms with Gasteiger partial charge in [0, 0.05) is 12.1 Å². The number of nitrogens with one attached hydrogen (secondary N) is 1. The minimum absolute atomic E-state index is 0.134. The lowest BCUT2D eigenvalue weighted by Crippen LogP contribution is -2.46. The van der Waals surface area contributed by atoms with Gasteiger partial charge in [-0.05, 0) is 55.5 Å². The lowest BCUT2D eigenvalue weighted by atomic mass is 9.94. The van der Waals surface area contributed by atoms with Crippen LogP contribution in [-0.4, -0.2) is 37.0 Å². The lowest BCUT2D eigenvalue weighted by Gasteiger charge is -2.28. The van der Waals surface area contributed by atoms with Crippen molar-refractivity contribution < 1.29 is 14.6 Å². The predicted octanol–water partition coefficient (Wildman–Crippen LogP) is 4.17. The minimum Gasteiger partial charge on any atom is -0.497 e. The minimum atomic E-state index is -0.569. The number of benzene rings is 2. The molecule has 0 bridgehead atoms. The molecule has 4 nitrogen and oxygen atoms in total. The number of rotatable bonds is 10. The fourth-order valence-corrected chi connectivity index (χ4v) is 3.04. The van der Waals surface area contributed by atoms with Gasteiger partial charge in [-0.2, -0.15) is 0 Å². The van der Waals surface area contributed by atoms with Gasteiger partial charge in [0.2, 0.25) is 0 Å². The van der Waals surface area contributed by atoms with Crippen molar-refractivity contribution in [1.29, 1.82) is 0 Å². The quantitative estimate of drug-likeness (QED) is 0.658. The molecule has 0 aliphatic carbocycles. The van der Waals surface area contributed by atoms with E-state index in [1.807, 2.05) is 30.3 Å². The first-order chi connectivity index (χ1) is 12.8. The number of ether oxygens (including phenoxy) is 2. The molecule has 1 atom stereocenters. The van der Waals surface area contributed by atoms with Crippen LogP contribution in [0.5, 0.6) is 11.5 Å². The van der Waals surface area contributed by atoms with E-state index >= 15 is 0 Å². The summed E-state index contributed by atoms with van der Waals surface area (Å²) in [7, 11) is 1.67. The van der Waals surface area contributed by atoms with Gasteiger partial charge in [0.1, 0.15) is 24.2 Å². The third-order valence-corrected chi connectivity index (χ3v) is 4.59. The normalized spacial score (nSPS) is 12.9. The third kappa shape index (κ3) is 6.89. The molecule has 2 aromatic rings. The fraction of sp³-hybridized carbons (Fsp3) is 0.478. The molecule has 0 aromatic heterocycles. The maximum atomic E-state index is 10.3. The van der Waals surface area contributed by atoms with Crippen molar-refractivity contribution in [3.8, 4) is 11.5 Å². The zero-order chi connectivity index (χ0) is 19.9. The van der Waals surface area contributed by atoms with E-state index in [1.54, 1.807) is 7.11 Å². The molecule has 0 aliphatic heterocycles. The Balaban J connectivity index is 1.82. The Labute approximate surface area is 163 Å². The average Bonchev–Trinajstić information content (AvgIpc) is 2.65. The molecular weight excluding hydrogens is 338 g/mol. The largest absolute Gasteiger partial charge is 0.497 e. The van der Waals surface area contributed by atoms with E-state index in [0.29, 0.717) is 12.5 Å². The van der Waals surface area contributed by atoms with Crippen molar-refractivity contribution in [3.63, 3.8) is 0 Å². The van der Waals surface area contributed by atoms with Gasteiger partial charge in [-0.3, -0.25) is 0 Å². The summed E-state index contributed by atoms with van der Waals surface area (Å²) < 4.78 is 11.1. The van der Waals surface area contributed by atoms with Crippen LogP contribution in [0, 0.1) is 0 Å². The van der Waals surface area contributed by atoms with E-state index in [4.69, 9.17) is 9.47 Å². The molecule has 2 aromatic carbocycles. The smallest absolute Gasteiger partial charge is 0.122 e. The maximum absolute atomic E-state index is 10.3. The highest BCUT2D eigenvalue weighted by atomic mass is 16.5. The second-order valence-electron chi connectivity index (χ2n) is 7.95. The van der Waals surface area contributed by atoms with Gasteiger partial charge in [0.05, 0.1) is 7.11 Å². The number of aliphatic hydroxyl groups excluding tert-OH is 1. The van der Waals surface area contributed by atoms with Gasteiger partial charge in [0.15, 0.2) is 0 Å². The molecular formula is C23H33NO3. The summed E-state index contributed by atoms with van der Waals surface area (Å²) in [5.74, 6) is 2.10. The molecule has 1 unspecified atom stereocenters. The standard InChI is InChI=1S/C23H33NO3/c1-17(2)21-8-6-7-9-22(21)27-16-19(25)15-24-23(3,4)14-18-10-12-20(26-5)13-11-18/h6-13,17,19,24-25H,14-16H2,1-5H3. The number of hydrogen-bond acceptors (Lipinski definition) is 4. The SMILES string of the molecule is COc1ccc(CC(C)(C)NCC(O)COc2ccccc2C(C)C)cc1. The Hall–Kier alpha value is -2.04. The van der Waals surface area contributed by atoms with Crippen molar-refractivity contribution in [3.05, 3.63) is 59.7 Å². The van der Waals surface area contributed by atoms with Gasteiger partial charge < -0.3 is 19.9 Å². The van der Waals surface area contributed by atoms with Crippen LogP contribution in [-0.2, 0) is 6.42 Å². The van der Waals surface area contributed by atoms with Crippen LogP contribution in [0.15, 0.2) is 48.5 Å². The van der Waals surface area contributed by atoms with Crippen LogP contribution in [0.2, 0.25) is 0 Å². The van der Waals surface area contributed by atoms with E-state index in [9.17, 15) is 5.11 Å². The summed E-state index contributed by atoms with van der Waals surface area (Å²) in [5, 5.41) is 13.8. The van der Waals surface area contributed by atoms with Gasteiger partial charge in [0.25, 0.3) is 0 Å². The second kappa shape index (κ2) is 9.77. The summed E-state index contributed by atoms with van der Waals surface area (Å²) in [5.41, 5.74) is 2.26. The van der Waals surface area contributed by atoms with Gasteiger partial charge in [-0.1, -0.05) is 44.2 Å². The summed E-state index contributed by atoms with van der Waals surface area (Å²) in [6.45, 7) is 9.31. The van der Waals surface area contributed by atoms with Crippen LogP contribution in [0.1, 0.15) is 44.7 Å². The Morgan fingerprint density at radius 3 is 2.33 bits per heavy atom. The number of para-hydroxylation sites is 1. The molecule has 0 saturated heterocycles. The molecule has 0 aliphatic rings. The zero-order valence-electron chi connectivity index (χ0n) is 17.2. The molecule has 27 heavy (non-hydrogen) atoms. The Kier molecular flexibility index (Phi) is 7.69. The van der Waals surface area contributed by atoms with Crippen LogP contribution in [0.25, 0.3) is 0 Å². The van der Waals surface area contributed by atoms with Crippen LogP contribution >= 0.6 is 0 Å². The lowest BCUT2D eigenvalue weighted by molar-refractivity contribution is 0.0982. The van der Waals surface area contributed by atoms with Crippen LogP contribution < -0.4 is 14.8 Å². The molecule has 0 saturated carbocycles. The first-order valence-corrected chi connectivity index (χ1v) is 9.58. The number of hydrogen-bond donors (Lipinski definition) is 2. The van der Waals surface area contributed by atoms with E-state index < -0.39 is 6.10 Å². The van der Waals surface area contributed by atoms with Crippen molar-refractivity contribution >= 4 is 0 Å². The van der Waals surface area contributed by atoms with Gasteiger partial charge in [-0.15, -0.1) is 0 Å². The maximum Gasteiger partial charge on any atom is 0.122 e. The van der Waals surface area contributed by atoms with Gasteiger partial charge in [-0.25, -0.2) is 0 Å². The molecule has 2 N–H and O–H groups in total. The van der Waals surface area contributed by atoms with Crippen molar-refractivity contribution in [1.82, 2.24) is 5.32 Å². The van der Waals surface area contributed by atoms with E-state index in [1.165, 1.54) is 5.56 Å². The van der Waals surface area contributed by atoms with E-state index in [-0.39, 0.29) is 12.1 Å². The highest BCUT2D eigenvalue weighted by Crippen LogP contribution is 2.26. The molecule has 0 amide bonds. The number of β-amino-alcohol motifs (C(OH)–C–C–N with tert-alkyl or cyclic N) is 1. The van der Waals surface area contributed by atoms with Crippen molar-refractivity contribution in [2.75, 3.05) is 20.3 Å². The summed E-state index contributed by atoms with van der Waals surface area (Å²) >= 11 is 0. The van der Waals surface area contributed by atoms with Crippen LogP contribution in [0.4, 0.5) is 0 Å². The van der Waals surface area contributed by atoms with E-state index in [2.05, 4.69) is 51.2 Å². The van der Waals surface area contributed by atoms with Crippen LogP contribution in [0.3, 0.4) is 0 Å². The molecule has 0 fully saturated rings. The number of methoxy groups -OCH3 is 1. The summed E-state index contributed by atoms with van der Waals surface area (Å²) in [6, 6.07) is 16.1. The fourth-order valence-electron chi connectivity index (χ4n) is 3.04. The first-order valence-electron chi connectivity index (χ1n) is 9.58.